The molecule has 0 radical (unpaired) electrons. The van der Waals surface area contributed by atoms with Crippen LogP contribution in [0, 0.1) is 0 Å². The van der Waals surface area contributed by atoms with Crippen LogP contribution in [-0.4, -0.2) is 24.9 Å². The van der Waals surface area contributed by atoms with Crippen LogP contribution in [0.2, 0.25) is 0 Å². The van der Waals surface area contributed by atoms with E-state index in [1.165, 1.54) is 0 Å². The van der Waals surface area contributed by atoms with E-state index < -0.39 is 0 Å². The van der Waals surface area contributed by atoms with Crippen LogP contribution >= 0.6 is 15.9 Å². The standard InChI is InChI=1S/C15H23BrO3/c1-5-18-13-9-11(15(3,4)7-8-17)12(16)10-14(13)19-6-2/h9-10,17H,5-8H2,1-4H3. The second-order valence-electron chi connectivity index (χ2n) is 5.00. The molecule has 0 saturated carbocycles. The first-order valence-corrected chi connectivity index (χ1v) is 7.46. The highest BCUT2D eigenvalue weighted by molar-refractivity contribution is 9.10. The normalized spacial score (nSPS) is 11.5. The summed E-state index contributed by atoms with van der Waals surface area (Å²) in [6.07, 6.45) is 0.700. The Morgan fingerprint density at radius 3 is 2.11 bits per heavy atom. The van der Waals surface area contributed by atoms with Crippen molar-refractivity contribution in [2.45, 2.75) is 39.5 Å². The van der Waals surface area contributed by atoms with Crippen molar-refractivity contribution in [2.75, 3.05) is 19.8 Å². The third-order valence-corrected chi connectivity index (χ3v) is 3.76. The Kier molecular flexibility index (Phi) is 6.14. The SMILES string of the molecule is CCOc1cc(Br)c(C(C)(C)CCO)cc1OCC. The largest absolute Gasteiger partial charge is 0.490 e. The molecule has 108 valence electrons. The molecule has 1 aromatic carbocycles. The molecule has 0 spiro atoms. The second kappa shape index (κ2) is 7.15. The van der Waals surface area contributed by atoms with E-state index in [2.05, 4.69) is 29.8 Å². The molecule has 0 aromatic heterocycles. The molecule has 0 bridgehead atoms. The molecule has 0 amide bonds. The molecule has 0 saturated heterocycles. The van der Waals surface area contributed by atoms with Gasteiger partial charge in [0.1, 0.15) is 0 Å². The van der Waals surface area contributed by atoms with Crippen molar-refractivity contribution in [1.29, 1.82) is 0 Å². The van der Waals surface area contributed by atoms with Gasteiger partial charge in [-0.15, -0.1) is 0 Å². The quantitative estimate of drug-likeness (QED) is 0.823. The average molecular weight is 331 g/mol. The first-order chi connectivity index (χ1) is 8.96. The first kappa shape index (κ1) is 16.3. The minimum atomic E-state index is -0.121. The zero-order valence-electron chi connectivity index (χ0n) is 12.1. The molecular weight excluding hydrogens is 308 g/mol. The van der Waals surface area contributed by atoms with Gasteiger partial charge in [0.2, 0.25) is 0 Å². The summed E-state index contributed by atoms with van der Waals surface area (Å²) in [5.41, 5.74) is 0.998. The molecule has 1 N–H and O–H groups in total. The Bertz CT molecular complexity index is 416. The van der Waals surface area contributed by atoms with E-state index in [-0.39, 0.29) is 12.0 Å². The Hall–Kier alpha value is -0.740. The van der Waals surface area contributed by atoms with E-state index in [9.17, 15) is 5.11 Å². The molecule has 19 heavy (non-hydrogen) atoms. The van der Waals surface area contributed by atoms with Gasteiger partial charge in [0.25, 0.3) is 0 Å². The van der Waals surface area contributed by atoms with Gasteiger partial charge < -0.3 is 14.6 Å². The third kappa shape index (κ3) is 4.11. The molecule has 0 heterocycles. The van der Waals surface area contributed by atoms with Gasteiger partial charge in [-0.2, -0.15) is 0 Å². The summed E-state index contributed by atoms with van der Waals surface area (Å²) in [6, 6.07) is 3.96. The van der Waals surface area contributed by atoms with Crippen LogP contribution in [-0.2, 0) is 5.41 Å². The molecule has 1 aromatic rings. The van der Waals surface area contributed by atoms with E-state index in [1.807, 2.05) is 26.0 Å². The highest BCUT2D eigenvalue weighted by Crippen LogP contribution is 2.40. The Balaban J connectivity index is 3.23. The Labute approximate surface area is 124 Å². The summed E-state index contributed by atoms with van der Waals surface area (Å²) in [5, 5.41) is 9.19. The van der Waals surface area contributed by atoms with Gasteiger partial charge >= 0.3 is 0 Å². The van der Waals surface area contributed by atoms with E-state index >= 15 is 0 Å². The lowest BCUT2D eigenvalue weighted by molar-refractivity contribution is 0.250. The van der Waals surface area contributed by atoms with Crippen molar-refractivity contribution in [3.8, 4) is 11.5 Å². The average Bonchev–Trinajstić information content (AvgIpc) is 2.32. The van der Waals surface area contributed by atoms with Gasteiger partial charge in [-0.25, -0.2) is 0 Å². The van der Waals surface area contributed by atoms with Crippen molar-refractivity contribution >= 4 is 15.9 Å². The molecule has 0 atom stereocenters. The fraction of sp³-hybridized carbons (Fsp3) is 0.600. The van der Waals surface area contributed by atoms with Crippen LogP contribution in [0.25, 0.3) is 0 Å². The second-order valence-corrected chi connectivity index (χ2v) is 5.86. The van der Waals surface area contributed by atoms with Gasteiger partial charge in [0.15, 0.2) is 11.5 Å². The summed E-state index contributed by atoms with van der Waals surface area (Å²) in [7, 11) is 0. The van der Waals surface area contributed by atoms with Gasteiger partial charge in [-0.3, -0.25) is 0 Å². The van der Waals surface area contributed by atoms with Gasteiger partial charge in [0.05, 0.1) is 13.2 Å². The van der Waals surface area contributed by atoms with Crippen LogP contribution < -0.4 is 9.47 Å². The molecular formula is C15H23BrO3. The van der Waals surface area contributed by atoms with Crippen LogP contribution in [0.4, 0.5) is 0 Å². The topological polar surface area (TPSA) is 38.7 Å². The number of hydrogen-bond donors (Lipinski definition) is 1. The number of hydrogen-bond acceptors (Lipinski definition) is 3. The van der Waals surface area contributed by atoms with E-state index in [4.69, 9.17) is 9.47 Å². The Morgan fingerprint density at radius 1 is 1.11 bits per heavy atom. The van der Waals surface area contributed by atoms with Crippen LogP contribution in [0.1, 0.15) is 39.7 Å². The highest BCUT2D eigenvalue weighted by Gasteiger charge is 2.24. The molecule has 0 fully saturated rings. The van der Waals surface area contributed by atoms with Gasteiger partial charge in [0, 0.05) is 11.1 Å². The maximum absolute atomic E-state index is 9.19. The smallest absolute Gasteiger partial charge is 0.162 e. The third-order valence-electron chi connectivity index (χ3n) is 3.10. The van der Waals surface area contributed by atoms with E-state index in [0.717, 1.165) is 21.5 Å². The molecule has 1 rings (SSSR count). The van der Waals surface area contributed by atoms with Gasteiger partial charge in [-0.1, -0.05) is 29.8 Å². The van der Waals surface area contributed by atoms with E-state index in [0.29, 0.717) is 19.6 Å². The zero-order chi connectivity index (χ0) is 14.5. The number of aliphatic hydroxyl groups excluding tert-OH is 1. The molecule has 0 aliphatic carbocycles. The first-order valence-electron chi connectivity index (χ1n) is 6.66. The zero-order valence-corrected chi connectivity index (χ0v) is 13.7. The van der Waals surface area contributed by atoms with Crippen LogP contribution in [0.15, 0.2) is 16.6 Å². The lowest BCUT2D eigenvalue weighted by atomic mass is 9.81. The minimum absolute atomic E-state index is 0.121. The summed E-state index contributed by atoms with van der Waals surface area (Å²) in [6.45, 7) is 9.49. The van der Waals surface area contributed by atoms with Crippen molar-refractivity contribution in [3.05, 3.63) is 22.2 Å². The summed E-state index contributed by atoms with van der Waals surface area (Å²) >= 11 is 3.59. The lowest BCUT2D eigenvalue weighted by Gasteiger charge is -2.27. The predicted molar refractivity (Wildman–Crippen MR) is 81.2 cm³/mol. The lowest BCUT2D eigenvalue weighted by Crippen LogP contribution is -2.20. The highest BCUT2D eigenvalue weighted by atomic mass is 79.9. The monoisotopic (exact) mass is 330 g/mol. The van der Waals surface area contributed by atoms with Crippen LogP contribution in [0.3, 0.4) is 0 Å². The van der Waals surface area contributed by atoms with E-state index in [1.54, 1.807) is 0 Å². The van der Waals surface area contributed by atoms with Crippen molar-refractivity contribution in [2.24, 2.45) is 0 Å². The maximum Gasteiger partial charge on any atom is 0.162 e. The molecule has 0 unspecified atom stereocenters. The summed E-state index contributed by atoms with van der Waals surface area (Å²) in [5.74, 6) is 1.51. The number of aliphatic hydroxyl groups is 1. The van der Waals surface area contributed by atoms with Crippen molar-refractivity contribution in [1.82, 2.24) is 0 Å². The molecule has 0 aliphatic rings. The maximum atomic E-state index is 9.19. The molecule has 3 nitrogen and oxygen atoms in total. The number of halogens is 1. The molecule has 0 aliphatic heterocycles. The van der Waals surface area contributed by atoms with Crippen molar-refractivity contribution in [3.63, 3.8) is 0 Å². The minimum Gasteiger partial charge on any atom is -0.490 e. The summed E-state index contributed by atoms with van der Waals surface area (Å²) < 4.78 is 12.2. The number of ether oxygens (including phenoxy) is 2. The van der Waals surface area contributed by atoms with Crippen LogP contribution in [0.5, 0.6) is 11.5 Å². The number of benzene rings is 1. The van der Waals surface area contributed by atoms with Crippen molar-refractivity contribution < 1.29 is 14.6 Å². The molecule has 4 heteroatoms. The fourth-order valence-electron chi connectivity index (χ4n) is 2.00. The predicted octanol–water partition coefficient (Wildman–Crippen LogP) is 3.91. The Morgan fingerprint density at radius 2 is 1.63 bits per heavy atom. The summed E-state index contributed by atoms with van der Waals surface area (Å²) in [4.78, 5) is 0. The fourth-order valence-corrected chi connectivity index (χ4v) is 2.86. The number of rotatable bonds is 7. The van der Waals surface area contributed by atoms with Gasteiger partial charge in [-0.05, 0) is 43.4 Å².